The number of methoxy groups -OCH3 is 1. The number of hydrogen-bond acceptors (Lipinski definition) is 10. The van der Waals surface area contributed by atoms with E-state index in [1.165, 1.54) is 30.6 Å². The number of amides is 2. The number of aromatic hydroxyl groups is 1. The molecule has 3 heterocycles. The summed E-state index contributed by atoms with van der Waals surface area (Å²) in [6.07, 6.45) is -0.110. The number of benzene rings is 3. The maximum Gasteiger partial charge on any atom is 0.411 e. The number of piperidine rings is 1. The molecule has 15 heteroatoms. The highest BCUT2D eigenvalue weighted by molar-refractivity contribution is 7.14. The van der Waals surface area contributed by atoms with Gasteiger partial charge < -0.3 is 40.2 Å². The van der Waals surface area contributed by atoms with E-state index in [2.05, 4.69) is 25.8 Å². The van der Waals surface area contributed by atoms with Crippen LogP contribution in [-0.2, 0) is 16.1 Å². The minimum absolute atomic E-state index is 0.0818. The molecule has 5 aromatic rings. The molecule has 1 fully saturated rings. The number of fused-ring (bicyclic) bond motifs is 1. The Kier molecular flexibility index (Phi) is 12.6. The maximum absolute atomic E-state index is 12.9. The number of phenols is 1. The summed E-state index contributed by atoms with van der Waals surface area (Å²) in [7, 11) is 1.52. The number of phenolic OH excluding ortho intramolecular Hbond substituents is 1. The van der Waals surface area contributed by atoms with E-state index in [0.717, 1.165) is 16.0 Å². The highest BCUT2D eigenvalue weighted by Gasteiger charge is 2.24. The molecule has 2 amide bonds. The van der Waals surface area contributed by atoms with E-state index in [9.17, 15) is 24.6 Å². The highest BCUT2D eigenvalue weighted by Crippen LogP contribution is 2.35. The van der Waals surface area contributed by atoms with Crippen molar-refractivity contribution in [1.29, 1.82) is 0 Å². The number of halogens is 2. The fraction of sp³-hybridized carbons (Fsp3) is 0.289. The number of nitrogens with one attached hydrogen (secondary N) is 4. The van der Waals surface area contributed by atoms with E-state index in [1.54, 1.807) is 30.3 Å². The van der Waals surface area contributed by atoms with Crippen molar-refractivity contribution in [1.82, 2.24) is 15.2 Å². The quantitative estimate of drug-likeness (QED) is 0.0729. The van der Waals surface area contributed by atoms with E-state index in [1.807, 2.05) is 29.6 Å². The van der Waals surface area contributed by atoms with Gasteiger partial charge in [-0.2, -0.15) is 0 Å². The number of aliphatic hydroxyl groups excluding tert-OH is 1. The van der Waals surface area contributed by atoms with Gasteiger partial charge in [-0.15, -0.1) is 11.3 Å². The molecule has 0 spiro atoms. The number of aromatic nitrogens is 1. The van der Waals surface area contributed by atoms with Crippen LogP contribution in [0.15, 0.2) is 76.9 Å². The largest absolute Gasteiger partial charge is 0.506 e. The molecule has 1 saturated heterocycles. The molecule has 3 aromatic carbocycles. The predicted octanol–water partition coefficient (Wildman–Crippen LogP) is 7.14. The summed E-state index contributed by atoms with van der Waals surface area (Å²) < 4.78 is 11.3. The van der Waals surface area contributed by atoms with Gasteiger partial charge in [0.2, 0.25) is 11.5 Å². The zero-order chi connectivity index (χ0) is 37.5. The Morgan fingerprint density at radius 3 is 2.62 bits per heavy atom. The van der Waals surface area contributed by atoms with Crippen molar-refractivity contribution in [3.8, 4) is 21.9 Å². The second-order valence-corrected chi connectivity index (χ2v) is 14.4. The van der Waals surface area contributed by atoms with Crippen LogP contribution < -0.4 is 26.2 Å². The van der Waals surface area contributed by atoms with Crippen LogP contribution in [0.25, 0.3) is 21.3 Å². The Bertz CT molecular complexity index is 2150. The number of aromatic amines is 1. The number of pyridine rings is 1. The van der Waals surface area contributed by atoms with Gasteiger partial charge in [0.25, 0.3) is 0 Å². The number of likely N-dealkylation sites (tertiary alicyclic amines) is 1. The summed E-state index contributed by atoms with van der Waals surface area (Å²) in [5, 5.41) is 33.4. The number of anilines is 2. The highest BCUT2D eigenvalue weighted by atomic mass is 35.5. The van der Waals surface area contributed by atoms with Crippen LogP contribution in [0.2, 0.25) is 10.0 Å². The van der Waals surface area contributed by atoms with Crippen LogP contribution in [0.3, 0.4) is 0 Å². The smallest absolute Gasteiger partial charge is 0.411 e. The molecular weight excluding hydrogens is 741 g/mol. The monoisotopic (exact) mass is 779 g/mol. The lowest BCUT2D eigenvalue weighted by Gasteiger charge is -2.31. The minimum atomic E-state index is -0.937. The lowest BCUT2D eigenvalue weighted by Crippen LogP contribution is -2.39. The first-order chi connectivity index (χ1) is 25.6. The summed E-state index contributed by atoms with van der Waals surface area (Å²) in [6.45, 7) is 2.37. The summed E-state index contributed by atoms with van der Waals surface area (Å²) in [4.78, 5) is 43.0. The number of ether oxygens (including phenoxy) is 2. The predicted molar refractivity (Wildman–Crippen MR) is 208 cm³/mol. The van der Waals surface area contributed by atoms with Crippen molar-refractivity contribution in [2.24, 2.45) is 0 Å². The van der Waals surface area contributed by atoms with Crippen molar-refractivity contribution in [2.45, 2.75) is 38.0 Å². The van der Waals surface area contributed by atoms with Crippen LogP contribution >= 0.6 is 34.5 Å². The van der Waals surface area contributed by atoms with Crippen LogP contribution in [0.5, 0.6) is 11.5 Å². The average molecular weight is 781 g/mol. The van der Waals surface area contributed by atoms with Crippen molar-refractivity contribution in [3.05, 3.63) is 104 Å². The molecule has 278 valence electrons. The summed E-state index contributed by atoms with van der Waals surface area (Å²) in [6, 6.07) is 18.6. The minimum Gasteiger partial charge on any atom is -0.506 e. The van der Waals surface area contributed by atoms with E-state index >= 15 is 0 Å². The number of aliphatic hydroxyl groups is 1. The number of carbonyl (C=O) groups excluding carboxylic acids is 2. The first-order valence-corrected chi connectivity index (χ1v) is 18.6. The van der Waals surface area contributed by atoms with Gasteiger partial charge in [-0.3, -0.25) is 14.9 Å². The number of hydrogen-bond donors (Lipinski definition) is 6. The Morgan fingerprint density at radius 1 is 1.04 bits per heavy atom. The SMILES string of the molecule is COc1cc(NC(=O)CCN2CCC(OC(=O)Nc3ccsc3-c3cccc(Cl)c3)CC2)c(Cl)cc1CNC[C@H](O)c1ccc(O)c2[nH]c(=O)ccc12. The average Bonchev–Trinajstić information content (AvgIpc) is 3.60. The summed E-state index contributed by atoms with van der Waals surface area (Å²) in [5.74, 6) is 0.223. The second-order valence-electron chi connectivity index (χ2n) is 12.6. The molecule has 1 atom stereocenters. The van der Waals surface area contributed by atoms with Gasteiger partial charge in [-0.25, -0.2) is 4.79 Å². The van der Waals surface area contributed by atoms with Gasteiger partial charge in [-0.1, -0.05) is 41.4 Å². The number of H-pyrrole nitrogens is 1. The van der Waals surface area contributed by atoms with Crippen LogP contribution in [0.1, 0.15) is 36.5 Å². The Balaban J connectivity index is 0.939. The third-order valence-electron chi connectivity index (χ3n) is 9.02. The number of thiophene rings is 1. The Labute approximate surface area is 319 Å². The van der Waals surface area contributed by atoms with E-state index < -0.39 is 12.2 Å². The number of nitrogens with zero attached hydrogens (tertiary/aromatic N) is 1. The first-order valence-electron chi connectivity index (χ1n) is 17.0. The van der Waals surface area contributed by atoms with Gasteiger partial charge >= 0.3 is 6.09 Å². The van der Waals surface area contributed by atoms with Gasteiger partial charge in [0.05, 0.1) is 40.0 Å². The third kappa shape index (κ3) is 9.68. The standard InChI is InChI=1S/C38H39Cl2N5O7S/c1-51-33-19-30(28(40)18-23(33)20-41-21-32(47)26-5-7-31(46)36-27(26)6-8-34(48)44-36)42-35(49)11-15-45-13-9-25(10-14-45)52-38(50)43-29-12-16-53-37(29)22-3-2-4-24(39)17-22/h2-8,12,16-19,25,32,41,46-47H,9-11,13-15,20-21H2,1H3,(H,42,49)(H,43,50)(H,44,48)/t32-/m0/s1. The van der Waals surface area contributed by atoms with Gasteiger partial charge in [0, 0.05) is 67.2 Å². The van der Waals surface area contributed by atoms with E-state index in [0.29, 0.717) is 77.1 Å². The molecule has 0 unspecified atom stereocenters. The topological polar surface area (TPSA) is 165 Å². The molecule has 0 saturated carbocycles. The van der Waals surface area contributed by atoms with E-state index in [-0.39, 0.29) is 41.8 Å². The van der Waals surface area contributed by atoms with Gasteiger partial charge in [0.15, 0.2) is 0 Å². The lowest BCUT2D eigenvalue weighted by molar-refractivity contribution is -0.116. The van der Waals surface area contributed by atoms with Gasteiger partial charge in [-0.05, 0) is 65.7 Å². The second kappa shape index (κ2) is 17.5. The number of carbonyl (C=O) groups is 2. The molecule has 1 aliphatic heterocycles. The molecule has 53 heavy (non-hydrogen) atoms. The normalized spacial score (nSPS) is 14.2. The zero-order valence-electron chi connectivity index (χ0n) is 28.8. The van der Waals surface area contributed by atoms with Gasteiger partial charge in [0.1, 0.15) is 17.6 Å². The number of rotatable bonds is 13. The fourth-order valence-corrected chi connectivity index (χ4v) is 7.57. The van der Waals surface area contributed by atoms with Crippen molar-refractivity contribution in [2.75, 3.05) is 43.9 Å². The first kappa shape index (κ1) is 38.1. The molecule has 6 rings (SSSR count). The van der Waals surface area contributed by atoms with Crippen LogP contribution in [0, 0.1) is 0 Å². The summed E-state index contributed by atoms with van der Waals surface area (Å²) >= 11 is 14.2. The molecule has 0 bridgehead atoms. The van der Waals surface area contributed by atoms with Crippen molar-refractivity contribution < 1.29 is 29.3 Å². The zero-order valence-corrected chi connectivity index (χ0v) is 31.1. The molecule has 0 radical (unpaired) electrons. The molecule has 0 aliphatic carbocycles. The maximum atomic E-state index is 12.9. The molecule has 6 N–H and O–H groups in total. The summed E-state index contributed by atoms with van der Waals surface area (Å²) in [5.41, 5.74) is 3.18. The fourth-order valence-electron chi connectivity index (χ4n) is 6.30. The lowest BCUT2D eigenvalue weighted by atomic mass is 10.0. The molecular formula is C38H39Cl2N5O7S. The Morgan fingerprint density at radius 2 is 1.85 bits per heavy atom. The molecule has 12 nitrogen and oxygen atoms in total. The molecule has 1 aliphatic rings. The van der Waals surface area contributed by atoms with Crippen LogP contribution in [-0.4, -0.2) is 71.5 Å². The molecule has 2 aromatic heterocycles. The van der Waals surface area contributed by atoms with E-state index in [4.69, 9.17) is 32.7 Å². The van der Waals surface area contributed by atoms with Crippen LogP contribution in [0.4, 0.5) is 16.2 Å². The van der Waals surface area contributed by atoms with Crippen molar-refractivity contribution in [3.63, 3.8) is 0 Å². The van der Waals surface area contributed by atoms with Crippen molar-refractivity contribution >= 4 is 68.8 Å². The Hall–Kier alpha value is -4.63. The third-order valence-corrected chi connectivity index (χ3v) is 10.5.